The molecule has 1 saturated heterocycles. The maximum absolute atomic E-state index is 5.61. The van der Waals surface area contributed by atoms with E-state index in [9.17, 15) is 0 Å². The molecule has 1 aliphatic rings. The van der Waals surface area contributed by atoms with Crippen LogP contribution < -0.4 is 10.6 Å². The lowest BCUT2D eigenvalue weighted by Gasteiger charge is -2.28. The highest BCUT2D eigenvalue weighted by Gasteiger charge is 2.10. The van der Waals surface area contributed by atoms with Gasteiger partial charge in [0.05, 0.1) is 6.61 Å². The summed E-state index contributed by atoms with van der Waals surface area (Å²) in [6.45, 7) is 4.40. The molecule has 13 heavy (non-hydrogen) atoms. The summed E-state index contributed by atoms with van der Waals surface area (Å²) in [6.07, 6.45) is 0. The van der Waals surface area contributed by atoms with E-state index >= 15 is 0 Å². The van der Waals surface area contributed by atoms with Crippen molar-refractivity contribution in [1.82, 2.24) is 0 Å². The van der Waals surface area contributed by atoms with Crippen LogP contribution in [0.5, 0.6) is 0 Å². The van der Waals surface area contributed by atoms with Gasteiger partial charge in [0.25, 0.3) is 0 Å². The number of morpholine rings is 1. The highest BCUT2D eigenvalue weighted by atomic mass is 16.5. The van der Waals surface area contributed by atoms with E-state index in [1.807, 2.05) is 30.9 Å². The summed E-state index contributed by atoms with van der Waals surface area (Å²) in [5.41, 5.74) is 7.61. The first kappa shape index (κ1) is 8.38. The van der Waals surface area contributed by atoms with Crippen molar-refractivity contribution in [2.75, 3.05) is 30.3 Å². The Balaban J connectivity index is 2.10. The van der Waals surface area contributed by atoms with Crippen LogP contribution in [0.1, 0.15) is 0 Å². The van der Waals surface area contributed by atoms with Gasteiger partial charge in [0.1, 0.15) is 6.61 Å². The largest absolute Gasteiger partial charge is 0.399 e. The van der Waals surface area contributed by atoms with E-state index in [1.54, 1.807) is 0 Å². The van der Waals surface area contributed by atoms with Gasteiger partial charge in [0.2, 0.25) is 0 Å². The van der Waals surface area contributed by atoms with Crippen LogP contribution in [0.15, 0.2) is 24.3 Å². The van der Waals surface area contributed by atoms with Gasteiger partial charge in [-0.3, -0.25) is 0 Å². The summed E-state index contributed by atoms with van der Waals surface area (Å²) in [5.74, 6) is 0. The van der Waals surface area contributed by atoms with Crippen molar-refractivity contribution in [3.63, 3.8) is 0 Å². The molecular formula is C10H13N2O. The summed E-state index contributed by atoms with van der Waals surface area (Å²) in [7, 11) is 0. The number of nitrogen functional groups attached to an aromatic ring is 1. The van der Waals surface area contributed by atoms with Crippen LogP contribution in [-0.2, 0) is 4.74 Å². The van der Waals surface area contributed by atoms with Gasteiger partial charge in [-0.15, -0.1) is 0 Å². The Morgan fingerprint density at radius 3 is 2.62 bits per heavy atom. The van der Waals surface area contributed by atoms with Gasteiger partial charge in [-0.05, 0) is 24.3 Å². The Morgan fingerprint density at radius 1 is 1.23 bits per heavy atom. The Kier molecular flexibility index (Phi) is 2.36. The third kappa shape index (κ3) is 1.92. The zero-order valence-electron chi connectivity index (χ0n) is 7.44. The third-order valence-corrected chi connectivity index (χ3v) is 2.15. The van der Waals surface area contributed by atoms with Gasteiger partial charge in [-0.1, -0.05) is 0 Å². The van der Waals surface area contributed by atoms with Crippen molar-refractivity contribution in [1.29, 1.82) is 0 Å². The van der Waals surface area contributed by atoms with Crippen molar-refractivity contribution in [3.05, 3.63) is 30.9 Å². The molecule has 1 heterocycles. The average Bonchev–Trinajstić information content (AvgIpc) is 2.20. The zero-order chi connectivity index (χ0) is 9.10. The van der Waals surface area contributed by atoms with Gasteiger partial charge in [0.15, 0.2) is 0 Å². The molecule has 0 spiro atoms. The number of benzene rings is 1. The molecule has 0 bridgehead atoms. The van der Waals surface area contributed by atoms with E-state index in [-0.39, 0.29) is 0 Å². The summed E-state index contributed by atoms with van der Waals surface area (Å²) in [6, 6.07) is 7.92. The van der Waals surface area contributed by atoms with E-state index in [0.29, 0.717) is 0 Å². The van der Waals surface area contributed by atoms with Crippen molar-refractivity contribution in [2.24, 2.45) is 0 Å². The maximum atomic E-state index is 5.61. The summed E-state index contributed by atoms with van der Waals surface area (Å²) >= 11 is 0. The molecule has 69 valence electrons. The molecule has 0 saturated carbocycles. The fourth-order valence-corrected chi connectivity index (χ4v) is 1.40. The molecular weight excluding hydrogens is 164 g/mol. The van der Waals surface area contributed by atoms with E-state index in [2.05, 4.69) is 4.90 Å². The van der Waals surface area contributed by atoms with Crippen molar-refractivity contribution < 1.29 is 4.74 Å². The van der Waals surface area contributed by atoms with Crippen LogP contribution in [0, 0.1) is 6.61 Å². The lowest BCUT2D eigenvalue weighted by molar-refractivity contribution is 0.181. The average molecular weight is 177 g/mol. The number of hydrogen-bond acceptors (Lipinski definition) is 3. The third-order valence-electron chi connectivity index (χ3n) is 2.15. The monoisotopic (exact) mass is 177 g/mol. The predicted octanol–water partition coefficient (Wildman–Crippen LogP) is 1.27. The SMILES string of the molecule is Nc1ccc(N2C[CH]OCC2)cc1. The zero-order valence-corrected chi connectivity index (χ0v) is 7.44. The first-order chi connectivity index (χ1) is 6.36. The lowest BCUT2D eigenvalue weighted by Crippen LogP contribution is -2.33. The smallest absolute Gasteiger partial charge is 0.103 e. The number of anilines is 2. The van der Waals surface area contributed by atoms with Crippen molar-refractivity contribution in [2.45, 2.75) is 0 Å². The van der Waals surface area contributed by atoms with E-state index < -0.39 is 0 Å². The predicted molar refractivity (Wildman–Crippen MR) is 53.3 cm³/mol. The molecule has 2 N–H and O–H groups in total. The Hall–Kier alpha value is -1.22. The van der Waals surface area contributed by atoms with Gasteiger partial charge < -0.3 is 15.4 Å². The minimum atomic E-state index is 0.768. The highest BCUT2D eigenvalue weighted by Crippen LogP contribution is 2.17. The topological polar surface area (TPSA) is 38.5 Å². The molecule has 1 fully saturated rings. The molecule has 1 aliphatic heterocycles. The van der Waals surface area contributed by atoms with Gasteiger partial charge >= 0.3 is 0 Å². The second kappa shape index (κ2) is 3.66. The lowest BCUT2D eigenvalue weighted by atomic mass is 10.2. The van der Waals surface area contributed by atoms with E-state index in [1.165, 1.54) is 5.69 Å². The first-order valence-corrected chi connectivity index (χ1v) is 4.40. The minimum absolute atomic E-state index is 0.768. The van der Waals surface area contributed by atoms with Crippen molar-refractivity contribution >= 4 is 11.4 Å². The molecule has 1 aromatic rings. The Morgan fingerprint density at radius 2 is 2.00 bits per heavy atom. The molecule has 3 heteroatoms. The molecule has 0 atom stereocenters. The summed E-state index contributed by atoms with van der Waals surface area (Å²) < 4.78 is 5.15. The molecule has 0 amide bonds. The molecule has 0 aliphatic carbocycles. The normalized spacial score (nSPS) is 17.4. The number of nitrogens with zero attached hydrogens (tertiary/aromatic N) is 1. The maximum Gasteiger partial charge on any atom is 0.103 e. The minimum Gasteiger partial charge on any atom is -0.399 e. The number of rotatable bonds is 1. The van der Waals surface area contributed by atoms with Gasteiger partial charge in [0, 0.05) is 24.5 Å². The number of hydrogen-bond donors (Lipinski definition) is 1. The fraction of sp³-hybridized carbons (Fsp3) is 0.300. The Labute approximate surface area is 78.1 Å². The molecule has 0 unspecified atom stereocenters. The number of ether oxygens (including phenoxy) is 1. The summed E-state index contributed by atoms with van der Waals surface area (Å²) in [4.78, 5) is 2.25. The first-order valence-electron chi connectivity index (χ1n) is 4.40. The molecule has 0 aromatic heterocycles. The standard InChI is InChI=1S/C10H13N2O/c11-9-1-3-10(4-2-9)12-5-7-13-8-6-12/h1-4,7H,5-6,8,11H2. The molecule has 3 nitrogen and oxygen atoms in total. The van der Waals surface area contributed by atoms with Crippen molar-refractivity contribution in [3.8, 4) is 0 Å². The fourth-order valence-electron chi connectivity index (χ4n) is 1.40. The van der Waals surface area contributed by atoms with E-state index in [0.717, 1.165) is 25.4 Å². The van der Waals surface area contributed by atoms with Crippen LogP contribution in [0.4, 0.5) is 11.4 Å². The second-order valence-corrected chi connectivity index (χ2v) is 3.08. The summed E-state index contributed by atoms with van der Waals surface area (Å²) in [5, 5.41) is 0. The molecule has 2 rings (SSSR count). The van der Waals surface area contributed by atoms with Crippen LogP contribution in [0.3, 0.4) is 0 Å². The van der Waals surface area contributed by atoms with Crippen LogP contribution in [0.2, 0.25) is 0 Å². The van der Waals surface area contributed by atoms with Gasteiger partial charge in [-0.25, -0.2) is 0 Å². The molecule has 1 radical (unpaired) electrons. The van der Waals surface area contributed by atoms with Crippen LogP contribution in [-0.4, -0.2) is 19.7 Å². The second-order valence-electron chi connectivity index (χ2n) is 3.08. The van der Waals surface area contributed by atoms with Crippen LogP contribution >= 0.6 is 0 Å². The van der Waals surface area contributed by atoms with E-state index in [4.69, 9.17) is 10.5 Å². The highest BCUT2D eigenvalue weighted by molar-refractivity contribution is 5.53. The Bertz CT molecular complexity index is 265. The van der Waals surface area contributed by atoms with Gasteiger partial charge in [-0.2, -0.15) is 0 Å². The molecule has 1 aromatic carbocycles. The quantitative estimate of drug-likeness (QED) is 0.656. The van der Waals surface area contributed by atoms with Crippen LogP contribution in [0.25, 0.3) is 0 Å². The number of nitrogens with two attached hydrogens (primary N) is 1.